The molecule has 0 aromatic heterocycles. The number of rotatable bonds is 6. The summed E-state index contributed by atoms with van der Waals surface area (Å²) in [6.45, 7) is 0. The topological polar surface area (TPSA) is 55.5 Å². The van der Waals surface area contributed by atoms with Gasteiger partial charge in [-0.1, -0.05) is 30.3 Å². The molecule has 148 valence electrons. The van der Waals surface area contributed by atoms with Gasteiger partial charge in [-0.3, -0.25) is 4.99 Å². The van der Waals surface area contributed by atoms with E-state index < -0.39 is 0 Å². The molecule has 5 heteroatoms. The van der Waals surface area contributed by atoms with E-state index >= 15 is 0 Å². The number of fused-ring (bicyclic) bond motifs is 1. The van der Waals surface area contributed by atoms with E-state index in [1.807, 2.05) is 85.1 Å². The Labute approximate surface area is 175 Å². The van der Waals surface area contributed by atoms with Crippen LogP contribution >= 0.6 is 0 Å². The maximum absolute atomic E-state index is 5.21. The fraction of sp³-hybridized carbons (Fsp3) is 0.0800. The van der Waals surface area contributed by atoms with E-state index in [1.165, 1.54) is 0 Å². The van der Waals surface area contributed by atoms with Gasteiger partial charge in [0.2, 0.25) is 0 Å². The first-order valence-corrected chi connectivity index (χ1v) is 9.52. The van der Waals surface area contributed by atoms with Crippen LogP contribution in [0.2, 0.25) is 0 Å². The zero-order valence-corrected chi connectivity index (χ0v) is 16.8. The quantitative estimate of drug-likeness (QED) is 0.260. The summed E-state index contributed by atoms with van der Waals surface area (Å²) in [5, 5.41) is 11.1. The lowest BCUT2D eigenvalue weighted by Gasteiger charge is -2.05. The maximum atomic E-state index is 5.21. The van der Waals surface area contributed by atoms with Crippen molar-refractivity contribution in [3.8, 4) is 11.5 Å². The van der Waals surface area contributed by atoms with Crippen molar-refractivity contribution in [1.82, 2.24) is 0 Å². The molecule has 0 N–H and O–H groups in total. The highest BCUT2D eigenvalue weighted by molar-refractivity contribution is 5.99. The maximum Gasteiger partial charge on any atom is 0.119 e. The SMILES string of the molecule is COc1ccc(C=Nc2ccc3ccccc3c2N=Nc2ccc(OC)cc2)cc1. The summed E-state index contributed by atoms with van der Waals surface area (Å²) in [7, 11) is 3.29. The second-order valence-corrected chi connectivity index (χ2v) is 6.58. The molecule has 0 radical (unpaired) electrons. The van der Waals surface area contributed by atoms with Crippen LogP contribution in [0.15, 0.2) is 100 Å². The fourth-order valence-electron chi connectivity index (χ4n) is 3.04. The minimum atomic E-state index is 0.730. The molecule has 0 fully saturated rings. The number of aliphatic imine (C=N–C) groups is 1. The Morgan fingerprint density at radius 2 is 1.33 bits per heavy atom. The lowest BCUT2D eigenvalue weighted by Crippen LogP contribution is -1.84. The van der Waals surface area contributed by atoms with Gasteiger partial charge in [-0.15, -0.1) is 5.11 Å². The third-order valence-corrected chi connectivity index (χ3v) is 4.69. The lowest BCUT2D eigenvalue weighted by molar-refractivity contribution is 0.414. The van der Waals surface area contributed by atoms with Crippen molar-refractivity contribution in [2.45, 2.75) is 0 Å². The molecule has 30 heavy (non-hydrogen) atoms. The van der Waals surface area contributed by atoms with Gasteiger partial charge in [0.25, 0.3) is 0 Å². The Bertz CT molecular complexity index is 1200. The van der Waals surface area contributed by atoms with Gasteiger partial charge in [-0.2, -0.15) is 5.11 Å². The van der Waals surface area contributed by atoms with Gasteiger partial charge < -0.3 is 9.47 Å². The molecule has 0 aliphatic rings. The molecule has 0 saturated carbocycles. The molecule has 0 saturated heterocycles. The average molecular weight is 395 g/mol. The Kier molecular flexibility index (Phi) is 5.80. The predicted octanol–water partition coefficient (Wildman–Crippen LogP) is 7.02. The summed E-state index contributed by atoms with van der Waals surface area (Å²) in [5.74, 6) is 1.59. The van der Waals surface area contributed by atoms with Crippen LogP contribution in [0.25, 0.3) is 10.8 Å². The van der Waals surface area contributed by atoms with Crippen molar-refractivity contribution in [3.05, 3.63) is 90.5 Å². The first kappa shape index (κ1) is 19.3. The molecule has 4 aromatic rings. The van der Waals surface area contributed by atoms with Crippen LogP contribution in [-0.2, 0) is 0 Å². The molecule has 0 heterocycles. The van der Waals surface area contributed by atoms with Gasteiger partial charge in [0.05, 0.1) is 25.6 Å². The fourth-order valence-corrected chi connectivity index (χ4v) is 3.04. The van der Waals surface area contributed by atoms with Gasteiger partial charge in [0, 0.05) is 11.6 Å². The minimum Gasteiger partial charge on any atom is -0.497 e. The number of methoxy groups -OCH3 is 2. The second kappa shape index (κ2) is 9.01. The Hall–Kier alpha value is -3.99. The summed E-state index contributed by atoms with van der Waals surface area (Å²) in [6, 6.07) is 27.3. The van der Waals surface area contributed by atoms with Crippen molar-refractivity contribution in [2.75, 3.05) is 14.2 Å². The van der Waals surface area contributed by atoms with E-state index in [4.69, 9.17) is 9.47 Å². The number of benzene rings is 4. The highest BCUT2D eigenvalue weighted by Crippen LogP contribution is 2.37. The highest BCUT2D eigenvalue weighted by Gasteiger charge is 2.06. The van der Waals surface area contributed by atoms with Crippen LogP contribution in [0.1, 0.15) is 5.56 Å². The molecule has 0 bridgehead atoms. The van der Waals surface area contributed by atoms with Crippen molar-refractivity contribution in [2.24, 2.45) is 15.2 Å². The normalized spacial score (nSPS) is 11.4. The minimum absolute atomic E-state index is 0.730. The van der Waals surface area contributed by atoms with Crippen molar-refractivity contribution < 1.29 is 9.47 Å². The standard InChI is InChI=1S/C25H21N3O2/c1-29-21-12-7-18(8-13-21)17-26-24-16-9-19-5-3-4-6-23(19)25(24)28-27-20-10-14-22(30-2)15-11-20/h3-17H,1-2H3. The predicted molar refractivity (Wildman–Crippen MR) is 121 cm³/mol. The van der Waals surface area contributed by atoms with Crippen LogP contribution in [0.5, 0.6) is 11.5 Å². The van der Waals surface area contributed by atoms with E-state index in [0.29, 0.717) is 0 Å². The number of hydrogen-bond acceptors (Lipinski definition) is 5. The number of ether oxygens (including phenoxy) is 2. The van der Waals surface area contributed by atoms with Crippen LogP contribution in [0, 0.1) is 0 Å². The third-order valence-electron chi connectivity index (χ3n) is 4.69. The van der Waals surface area contributed by atoms with E-state index in [2.05, 4.69) is 21.3 Å². The first-order chi connectivity index (χ1) is 14.8. The van der Waals surface area contributed by atoms with Gasteiger partial charge >= 0.3 is 0 Å². The number of nitrogens with zero attached hydrogens (tertiary/aromatic N) is 3. The van der Waals surface area contributed by atoms with Gasteiger partial charge in [0.15, 0.2) is 0 Å². The van der Waals surface area contributed by atoms with Crippen molar-refractivity contribution in [1.29, 1.82) is 0 Å². The summed E-state index contributed by atoms with van der Waals surface area (Å²) < 4.78 is 10.4. The summed E-state index contributed by atoms with van der Waals surface area (Å²) in [5.41, 5.74) is 3.20. The molecule has 4 rings (SSSR count). The van der Waals surface area contributed by atoms with E-state index in [1.54, 1.807) is 14.2 Å². The Morgan fingerprint density at radius 3 is 2.03 bits per heavy atom. The summed E-state index contributed by atoms with van der Waals surface area (Å²) in [6.07, 6.45) is 1.82. The Balaban J connectivity index is 1.71. The molecule has 5 nitrogen and oxygen atoms in total. The summed E-state index contributed by atoms with van der Waals surface area (Å²) in [4.78, 5) is 4.68. The molecule has 0 amide bonds. The largest absolute Gasteiger partial charge is 0.497 e. The van der Waals surface area contributed by atoms with Crippen LogP contribution in [0.4, 0.5) is 17.1 Å². The van der Waals surface area contributed by atoms with Crippen molar-refractivity contribution >= 4 is 34.0 Å². The second-order valence-electron chi connectivity index (χ2n) is 6.58. The van der Waals surface area contributed by atoms with Crippen LogP contribution in [-0.4, -0.2) is 20.4 Å². The molecule has 0 aliphatic carbocycles. The van der Waals surface area contributed by atoms with Gasteiger partial charge in [-0.25, -0.2) is 0 Å². The lowest BCUT2D eigenvalue weighted by atomic mass is 10.1. The van der Waals surface area contributed by atoms with E-state index in [9.17, 15) is 0 Å². The summed E-state index contributed by atoms with van der Waals surface area (Å²) >= 11 is 0. The molecule has 0 spiro atoms. The van der Waals surface area contributed by atoms with Crippen LogP contribution < -0.4 is 9.47 Å². The van der Waals surface area contributed by atoms with E-state index in [0.717, 1.165) is 44.9 Å². The zero-order valence-electron chi connectivity index (χ0n) is 16.8. The molecular weight excluding hydrogens is 374 g/mol. The molecular formula is C25H21N3O2. The van der Waals surface area contributed by atoms with Gasteiger partial charge in [0.1, 0.15) is 17.2 Å². The van der Waals surface area contributed by atoms with E-state index in [-0.39, 0.29) is 0 Å². The smallest absolute Gasteiger partial charge is 0.119 e. The molecule has 0 unspecified atom stereocenters. The monoisotopic (exact) mass is 395 g/mol. The molecule has 0 aliphatic heterocycles. The van der Waals surface area contributed by atoms with Gasteiger partial charge in [-0.05, 0) is 65.5 Å². The zero-order chi connectivity index (χ0) is 20.8. The number of azo groups is 1. The first-order valence-electron chi connectivity index (χ1n) is 9.52. The van der Waals surface area contributed by atoms with Crippen LogP contribution in [0.3, 0.4) is 0 Å². The Morgan fingerprint density at radius 1 is 0.667 bits per heavy atom. The third kappa shape index (κ3) is 4.36. The average Bonchev–Trinajstić information content (AvgIpc) is 2.82. The molecule has 0 atom stereocenters. The molecule has 4 aromatic carbocycles. The number of hydrogen-bond donors (Lipinski definition) is 0. The highest BCUT2D eigenvalue weighted by atomic mass is 16.5. The van der Waals surface area contributed by atoms with Crippen molar-refractivity contribution in [3.63, 3.8) is 0 Å².